The molecule has 1 N–H and O–H groups in total. The number of hydrogen-bond acceptors (Lipinski definition) is 3. The zero-order valence-electron chi connectivity index (χ0n) is 10.9. The minimum absolute atomic E-state index is 0.139. The summed E-state index contributed by atoms with van der Waals surface area (Å²) in [5.41, 5.74) is 0. The Morgan fingerprint density at radius 1 is 1.35 bits per heavy atom. The number of nitrogens with zero attached hydrogens (tertiary/aromatic N) is 1. The molecular formula is C13H21ClN2O. The van der Waals surface area contributed by atoms with E-state index < -0.39 is 0 Å². The molecule has 0 saturated heterocycles. The summed E-state index contributed by atoms with van der Waals surface area (Å²) in [7, 11) is 0. The topological polar surface area (TPSA) is 34.1 Å². The number of ether oxygens (including phenoxy) is 1. The highest BCUT2D eigenvalue weighted by atomic mass is 35.5. The lowest BCUT2D eigenvalue weighted by Crippen LogP contribution is -2.26. The maximum Gasteiger partial charge on any atom is 0.168 e. The average Bonchev–Trinajstić information content (AvgIpc) is 2.29. The fourth-order valence-electron chi connectivity index (χ4n) is 1.34. The van der Waals surface area contributed by atoms with Gasteiger partial charge in [0.1, 0.15) is 0 Å². The van der Waals surface area contributed by atoms with Gasteiger partial charge < -0.3 is 10.1 Å². The number of rotatable bonds is 6. The van der Waals surface area contributed by atoms with Gasteiger partial charge >= 0.3 is 0 Å². The van der Waals surface area contributed by atoms with E-state index >= 15 is 0 Å². The molecule has 1 aromatic rings. The van der Waals surface area contributed by atoms with Crippen molar-refractivity contribution in [3.63, 3.8) is 0 Å². The minimum atomic E-state index is 0.139. The van der Waals surface area contributed by atoms with Crippen molar-refractivity contribution in [2.45, 2.75) is 39.8 Å². The van der Waals surface area contributed by atoms with Crippen LogP contribution in [-0.4, -0.2) is 23.0 Å². The number of halogens is 1. The molecule has 0 saturated carbocycles. The van der Waals surface area contributed by atoms with E-state index in [0.29, 0.717) is 11.8 Å². The van der Waals surface area contributed by atoms with E-state index in [1.165, 1.54) is 0 Å². The van der Waals surface area contributed by atoms with Crippen LogP contribution in [0.15, 0.2) is 18.3 Å². The molecule has 0 aliphatic heterocycles. The molecule has 0 spiro atoms. The quantitative estimate of drug-likeness (QED) is 0.791. The van der Waals surface area contributed by atoms with Gasteiger partial charge in [0.25, 0.3) is 0 Å². The Bertz CT molecular complexity index is 344. The van der Waals surface area contributed by atoms with E-state index in [0.717, 1.165) is 11.6 Å². The molecule has 17 heavy (non-hydrogen) atoms. The van der Waals surface area contributed by atoms with E-state index in [2.05, 4.69) is 24.1 Å². The van der Waals surface area contributed by atoms with Crippen LogP contribution in [0.2, 0.25) is 0 Å². The highest BCUT2D eigenvalue weighted by Gasteiger charge is 2.14. The Balaban J connectivity index is 2.76. The van der Waals surface area contributed by atoms with Crippen molar-refractivity contribution in [2.24, 2.45) is 5.92 Å². The summed E-state index contributed by atoms with van der Waals surface area (Å²) in [4.78, 5) is 4.31. The van der Waals surface area contributed by atoms with Crippen LogP contribution in [0, 0.1) is 5.92 Å². The molecule has 0 aliphatic rings. The molecule has 96 valence electrons. The maximum absolute atomic E-state index is 5.85. The third-order valence-electron chi connectivity index (χ3n) is 2.59. The molecular weight excluding hydrogens is 236 g/mol. The zero-order chi connectivity index (χ0) is 12.8. The van der Waals surface area contributed by atoms with Gasteiger partial charge in [-0.3, -0.25) is 0 Å². The molecule has 1 heterocycles. The first-order chi connectivity index (χ1) is 8.04. The predicted octanol–water partition coefficient (Wildman–Crippen LogP) is 3.54. The second-order valence-corrected chi connectivity index (χ2v) is 4.89. The lowest BCUT2D eigenvalue weighted by molar-refractivity contribution is 0.242. The van der Waals surface area contributed by atoms with Crippen molar-refractivity contribution in [1.82, 2.24) is 4.98 Å². The number of nitrogens with one attached hydrogen (secondary N) is 1. The Morgan fingerprint density at radius 2 is 2.06 bits per heavy atom. The second kappa shape index (κ2) is 6.70. The standard InChI is InChI=1S/C13H21ClN2O/c1-9(2)17-12-6-5-7-15-13(12)16-11(4)10(3)8-14/h5-7,9-11H,8H2,1-4H3,(H,15,16). The van der Waals surface area contributed by atoms with Crippen molar-refractivity contribution >= 4 is 17.4 Å². The van der Waals surface area contributed by atoms with Gasteiger partial charge in [0.15, 0.2) is 11.6 Å². The third kappa shape index (κ3) is 4.43. The van der Waals surface area contributed by atoms with Gasteiger partial charge in [0.2, 0.25) is 0 Å². The van der Waals surface area contributed by atoms with Gasteiger partial charge in [-0.2, -0.15) is 0 Å². The molecule has 2 unspecified atom stereocenters. The molecule has 0 amide bonds. The normalized spacial score (nSPS) is 14.5. The van der Waals surface area contributed by atoms with E-state index in [1.807, 2.05) is 26.0 Å². The molecule has 3 nitrogen and oxygen atoms in total. The molecule has 0 radical (unpaired) electrons. The first-order valence-electron chi connectivity index (χ1n) is 5.98. The van der Waals surface area contributed by atoms with Crippen LogP contribution < -0.4 is 10.1 Å². The maximum atomic E-state index is 5.85. The van der Waals surface area contributed by atoms with Crippen LogP contribution in [0.5, 0.6) is 5.75 Å². The number of hydrogen-bond donors (Lipinski definition) is 1. The van der Waals surface area contributed by atoms with E-state index in [-0.39, 0.29) is 12.1 Å². The van der Waals surface area contributed by atoms with Crippen molar-refractivity contribution < 1.29 is 4.74 Å². The molecule has 1 rings (SSSR count). The van der Waals surface area contributed by atoms with Crippen molar-refractivity contribution in [3.05, 3.63) is 18.3 Å². The highest BCUT2D eigenvalue weighted by molar-refractivity contribution is 6.18. The van der Waals surface area contributed by atoms with E-state index in [4.69, 9.17) is 16.3 Å². The third-order valence-corrected chi connectivity index (χ3v) is 3.08. The lowest BCUT2D eigenvalue weighted by atomic mass is 10.1. The minimum Gasteiger partial charge on any atom is -0.487 e. The van der Waals surface area contributed by atoms with Gasteiger partial charge in [-0.25, -0.2) is 4.98 Å². The van der Waals surface area contributed by atoms with Crippen LogP contribution in [0.25, 0.3) is 0 Å². The molecule has 1 aromatic heterocycles. The summed E-state index contributed by atoms with van der Waals surface area (Å²) in [5, 5.41) is 3.35. The van der Waals surface area contributed by atoms with Crippen LogP contribution >= 0.6 is 11.6 Å². The largest absolute Gasteiger partial charge is 0.487 e. The second-order valence-electron chi connectivity index (χ2n) is 4.58. The summed E-state index contributed by atoms with van der Waals surface area (Å²) >= 11 is 5.85. The van der Waals surface area contributed by atoms with E-state index in [1.54, 1.807) is 6.20 Å². The van der Waals surface area contributed by atoms with Crippen molar-refractivity contribution in [2.75, 3.05) is 11.2 Å². The Labute approximate surface area is 109 Å². The molecule has 2 atom stereocenters. The Hall–Kier alpha value is -0.960. The fourth-order valence-corrected chi connectivity index (χ4v) is 1.61. The van der Waals surface area contributed by atoms with Gasteiger partial charge in [-0.05, 0) is 38.8 Å². The average molecular weight is 257 g/mol. The van der Waals surface area contributed by atoms with Gasteiger partial charge in [0.05, 0.1) is 6.10 Å². The van der Waals surface area contributed by atoms with Gasteiger partial charge in [-0.1, -0.05) is 6.92 Å². The smallest absolute Gasteiger partial charge is 0.168 e. The molecule has 4 heteroatoms. The zero-order valence-corrected chi connectivity index (χ0v) is 11.7. The number of pyridine rings is 1. The summed E-state index contributed by atoms with van der Waals surface area (Å²) < 4.78 is 5.70. The first-order valence-corrected chi connectivity index (χ1v) is 6.52. The van der Waals surface area contributed by atoms with Crippen LogP contribution in [0.4, 0.5) is 5.82 Å². The number of anilines is 1. The SMILES string of the molecule is CC(C)Oc1cccnc1NC(C)C(C)CCl. The number of aromatic nitrogens is 1. The summed E-state index contributed by atoms with van der Waals surface area (Å²) in [6.07, 6.45) is 1.90. The molecule has 0 aliphatic carbocycles. The highest BCUT2D eigenvalue weighted by Crippen LogP contribution is 2.24. The predicted molar refractivity (Wildman–Crippen MR) is 73.0 cm³/mol. The summed E-state index contributed by atoms with van der Waals surface area (Å²) in [6, 6.07) is 4.06. The molecule has 0 bridgehead atoms. The van der Waals surface area contributed by atoms with Gasteiger partial charge in [0, 0.05) is 18.1 Å². The fraction of sp³-hybridized carbons (Fsp3) is 0.615. The van der Waals surface area contributed by atoms with Crippen molar-refractivity contribution in [1.29, 1.82) is 0 Å². The summed E-state index contributed by atoms with van der Waals surface area (Å²) in [6.45, 7) is 8.21. The van der Waals surface area contributed by atoms with Crippen LogP contribution in [0.3, 0.4) is 0 Å². The Kier molecular flexibility index (Phi) is 5.56. The van der Waals surface area contributed by atoms with Gasteiger partial charge in [-0.15, -0.1) is 11.6 Å². The monoisotopic (exact) mass is 256 g/mol. The summed E-state index contributed by atoms with van der Waals surface area (Å²) in [5.74, 6) is 2.58. The van der Waals surface area contributed by atoms with Crippen LogP contribution in [-0.2, 0) is 0 Å². The first kappa shape index (κ1) is 14.1. The molecule has 0 aromatic carbocycles. The number of alkyl halides is 1. The lowest BCUT2D eigenvalue weighted by Gasteiger charge is -2.22. The van der Waals surface area contributed by atoms with Crippen LogP contribution in [0.1, 0.15) is 27.7 Å². The molecule has 0 fully saturated rings. The van der Waals surface area contributed by atoms with Crippen molar-refractivity contribution in [3.8, 4) is 5.75 Å². The van der Waals surface area contributed by atoms with E-state index in [9.17, 15) is 0 Å². The Morgan fingerprint density at radius 3 is 2.65 bits per heavy atom.